The number of nitrogens with zero attached hydrogens (tertiary/aromatic N) is 2. The number of hydrogen-bond donors (Lipinski definition) is 2. The van der Waals surface area contributed by atoms with Crippen LogP contribution in [0, 0.1) is 0 Å². The highest BCUT2D eigenvalue weighted by atomic mass is 16.2. The van der Waals surface area contributed by atoms with Gasteiger partial charge in [-0.05, 0) is 57.6 Å². The van der Waals surface area contributed by atoms with Crippen molar-refractivity contribution in [2.75, 3.05) is 0 Å². The summed E-state index contributed by atoms with van der Waals surface area (Å²) in [5, 5.41) is 8.11. The Balaban J connectivity index is 1.10. The van der Waals surface area contributed by atoms with Crippen molar-refractivity contribution in [1.82, 2.24) is 10.9 Å². The van der Waals surface area contributed by atoms with Gasteiger partial charge in [0.05, 0.1) is 12.4 Å². The van der Waals surface area contributed by atoms with Gasteiger partial charge in [-0.25, -0.2) is 10.9 Å². The Morgan fingerprint density at radius 2 is 0.750 bits per heavy atom. The van der Waals surface area contributed by atoms with E-state index in [-0.39, 0.29) is 11.8 Å². The number of carbonyl (C=O) groups excluding carboxylic acids is 2. The van der Waals surface area contributed by atoms with Gasteiger partial charge in [0.1, 0.15) is 0 Å². The van der Waals surface area contributed by atoms with E-state index in [1.54, 1.807) is 36.7 Å². The normalized spacial score (nSPS) is 11.0. The van der Waals surface area contributed by atoms with Gasteiger partial charge in [-0.3, -0.25) is 9.59 Å². The van der Waals surface area contributed by atoms with Gasteiger partial charge >= 0.3 is 0 Å². The van der Waals surface area contributed by atoms with Crippen molar-refractivity contribution >= 4 is 24.2 Å². The first kappa shape index (κ1) is 26.0. The standard InChI is InChI=1S/C34H26N4O2/c39-33(31-19-15-29(16-20-31)27-7-3-1-4-8-27)37-35-23-25-11-13-26(14-12-25)24-36-38-34(40)32-21-17-30(18-22-32)28-9-5-2-6-10-28/h1-24H,(H,37,39)(H,38,40)/b35-23-,36-24-. The van der Waals surface area contributed by atoms with E-state index < -0.39 is 0 Å². The summed E-state index contributed by atoms with van der Waals surface area (Å²) in [6, 6.07) is 42.1. The summed E-state index contributed by atoms with van der Waals surface area (Å²) in [6.07, 6.45) is 3.14. The molecule has 6 nitrogen and oxygen atoms in total. The molecule has 0 unspecified atom stereocenters. The Labute approximate surface area is 232 Å². The molecule has 40 heavy (non-hydrogen) atoms. The van der Waals surface area contributed by atoms with Crippen molar-refractivity contribution in [2.24, 2.45) is 10.2 Å². The molecule has 5 aromatic rings. The molecule has 6 heteroatoms. The fourth-order valence-electron chi connectivity index (χ4n) is 4.02. The highest BCUT2D eigenvalue weighted by molar-refractivity contribution is 5.96. The Morgan fingerprint density at radius 1 is 0.425 bits per heavy atom. The SMILES string of the molecule is O=C(N/N=C\c1ccc(/C=N\NC(=O)c2ccc(-c3ccccc3)cc2)cc1)c1ccc(-c2ccccc2)cc1. The lowest BCUT2D eigenvalue weighted by Crippen LogP contribution is -2.17. The van der Waals surface area contributed by atoms with Crippen LogP contribution in [0.2, 0.25) is 0 Å². The lowest BCUT2D eigenvalue weighted by molar-refractivity contribution is 0.0947. The van der Waals surface area contributed by atoms with Gasteiger partial charge < -0.3 is 0 Å². The second kappa shape index (κ2) is 12.8. The average Bonchev–Trinajstić information content (AvgIpc) is 3.03. The van der Waals surface area contributed by atoms with Crippen molar-refractivity contribution in [3.05, 3.63) is 156 Å². The molecule has 0 aliphatic rings. The van der Waals surface area contributed by atoms with E-state index in [0.29, 0.717) is 11.1 Å². The van der Waals surface area contributed by atoms with E-state index in [2.05, 4.69) is 21.1 Å². The minimum atomic E-state index is -0.287. The Hall–Kier alpha value is -5.62. The molecule has 0 heterocycles. The zero-order valence-corrected chi connectivity index (χ0v) is 21.6. The molecule has 0 saturated heterocycles. The highest BCUT2D eigenvalue weighted by Gasteiger charge is 2.06. The highest BCUT2D eigenvalue weighted by Crippen LogP contribution is 2.20. The molecule has 0 aliphatic carbocycles. The van der Waals surface area contributed by atoms with Crippen LogP contribution in [0.3, 0.4) is 0 Å². The van der Waals surface area contributed by atoms with Crippen LogP contribution in [0.5, 0.6) is 0 Å². The van der Waals surface area contributed by atoms with Gasteiger partial charge in [0.15, 0.2) is 0 Å². The van der Waals surface area contributed by atoms with Crippen LogP contribution < -0.4 is 10.9 Å². The van der Waals surface area contributed by atoms with Gasteiger partial charge in [0.2, 0.25) is 0 Å². The number of nitrogens with one attached hydrogen (secondary N) is 2. The largest absolute Gasteiger partial charge is 0.271 e. The quantitative estimate of drug-likeness (QED) is 0.179. The topological polar surface area (TPSA) is 82.9 Å². The number of carbonyl (C=O) groups is 2. The van der Waals surface area contributed by atoms with Crippen molar-refractivity contribution in [3.63, 3.8) is 0 Å². The fourth-order valence-corrected chi connectivity index (χ4v) is 4.02. The first-order chi connectivity index (χ1) is 19.7. The van der Waals surface area contributed by atoms with E-state index in [0.717, 1.165) is 33.4 Å². The zero-order chi connectivity index (χ0) is 27.6. The third-order valence-electron chi connectivity index (χ3n) is 6.20. The van der Waals surface area contributed by atoms with Gasteiger partial charge in [0, 0.05) is 11.1 Å². The first-order valence-corrected chi connectivity index (χ1v) is 12.7. The first-order valence-electron chi connectivity index (χ1n) is 12.7. The van der Waals surface area contributed by atoms with Crippen molar-refractivity contribution in [2.45, 2.75) is 0 Å². The summed E-state index contributed by atoms with van der Waals surface area (Å²) >= 11 is 0. The van der Waals surface area contributed by atoms with Crippen molar-refractivity contribution in [1.29, 1.82) is 0 Å². The molecule has 0 fully saturated rings. The summed E-state index contributed by atoms with van der Waals surface area (Å²) < 4.78 is 0. The van der Waals surface area contributed by atoms with Crippen molar-refractivity contribution < 1.29 is 9.59 Å². The summed E-state index contributed by atoms with van der Waals surface area (Å²) in [7, 11) is 0. The molecule has 2 amide bonds. The maximum Gasteiger partial charge on any atom is 0.271 e. The van der Waals surface area contributed by atoms with E-state index in [4.69, 9.17) is 0 Å². The number of hydrogen-bond acceptors (Lipinski definition) is 4. The lowest BCUT2D eigenvalue weighted by atomic mass is 10.0. The minimum Gasteiger partial charge on any atom is -0.267 e. The molecule has 0 aromatic heterocycles. The van der Waals surface area contributed by atoms with Crippen LogP contribution in [0.1, 0.15) is 31.8 Å². The van der Waals surface area contributed by atoms with Crippen LogP contribution in [0.25, 0.3) is 22.3 Å². The number of benzene rings is 5. The molecular formula is C34H26N4O2. The fraction of sp³-hybridized carbons (Fsp3) is 0. The molecule has 0 bridgehead atoms. The molecule has 194 valence electrons. The molecule has 0 radical (unpaired) electrons. The molecule has 0 spiro atoms. The van der Waals surface area contributed by atoms with Gasteiger partial charge in [-0.1, -0.05) is 109 Å². The average molecular weight is 523 g/mol. The number of hydrazone groups is 2. The smallest absolute Gasteiger partial charge is 0.267 e. The van der Waals surface area contributed by atoms with E-state index in [1.165, 1.54) is 0 Å². The van der Waals surface area contributed by atoms with Crippen LogP contribution in [-0.2, 0) is 0 Å². The minimum absolute atomic E-state index is 0.287. The molecule has 5 aromatic carbocycles. The number of rotatable bonds is 8. The maximum absolute atomic E-state index is 12.4. The number of amides is 2. The predicted octanol–water partition coefficient (Wildman–Crippen LogP) is 6.55. The second-order valence-corrected chi connectivity index (χ2v) is 8.95. The van der Waals surface area contributed by atoms with Crippen LogP contribution in [0.4, 0.5) is 0 Å². The second-order valence-electron chi connectivity index (χ2n) is 8.95. The Morgan fingerprint density at radius 3 is 1.10 bits per heavy atom. The summed E-state index contributed by atoms with van der Waals surface area (Å²) in [5.41, 5.74) is 12.0. The van der Waals surface area contributed by atoms with Gasteiger partial charge in [0.25, 0.3) is 11.8 Å². The van der Waals surface area contributed by atoms with Gasteiger partial charge in [-0.2, -0.15) is 10.2 Å². The molecule has 5 rings (SSSR count). The van der Waals surface area contributed by atoms with Crippen molar-refractivity contribution in [3.8, 4) is 22.3 Å². The summed E-state index contributed by atoms with van der Waals surface area (Å²) in [6.45, 7) is 0. The summed E-state index contributed by atoms with van der Waals surface area (Å²) in [4.78, 5) is 24.8. The molecular weight excluding hydrogens is 496 g/mol. The van der Waals surface area contributed by atoms with E-state index >= 15 is 0 Å². The van der Waals surface area contributed by atoms with Crippen LogP contribution in [0.15, 0.2) is 144 Å². The van der Waals surface area contributed by atoms with E-state index in [9.17, 15) is 9.59 Å². The van der Waals surface area contributed by atoms with Crippen LogP contribution in [-0.4, -0.2) is 24.2 Å². The third kappa shape index (κ3) is 6.82. The predicted molar refractivity (Wildman–Crippen MR) is 160 cm³/mol. The summed E-state index contributed by atoms with van der Waals surface area (Å²) in [5.74, 6) is -0.574. The third-order valence-corrected chi connectivity index (χ3v) is 6.20. The molecule has 0 aliphatic heterocycles. The maximum atomic E-state index is 12.4. The van der Waals surface area contributed by atoms with Crippen LogP contribution >= 0.6 is 0 Å². The lowest BCUT2D eigenvalue weighted by Gasteiger charge is -2.04. The Bertz CT molecular complexity index is 1500. The molecule has 2 N–H and O–H groups in total. The molecule has 0 atom stereocenters. The monoisotopic (exact) mass is 522 g/mol. The van der Waals surface area contributed by atoms with E-state index in [1.807, 2.05) is 109 Å². The zero-order valence-electron chi connectivity index (χ0n) is 21.6. The Kier molecular flexibility index (Phi) is 8.29. The van der Waals surface area contributed by atoms with Gasteiger partial charge in [-0.15, -0.1) is 0 Å². The molecule has 0 saturated carbocycles.